The Labute approximate surface area is 162 Å². The molecule has 27 heavy (non-hydrogen) atoms. The lowest BCUT2D eigenvalue weighted by atomic mass is 10.3. The van der Waals surface area contributed by atoms with Gasteiger partial charge >= 0.3 is 0 Å². The van der Waals surface area contributed by atoms with Crippen molar-refractivity contribution in [3.05, 3.63) is 54.2 Å². The highest BCUT2D eigenvalue weighted by Gasteiger charge is 2.11. The molecule has 0 aliphatic heterocycles. The summed E-state index contributed by atoms with van der Waals surface area (Å²) < 4.78 is 11.7. The van der Waals surface area contributed by atoms with Crippen molar-refractivity contribution in [1.29, 1.82) is 0 Å². The summed E-state index contributed by atoms with van der Waals surface area (Å²) in [5.41, 5.74) is 2.44. The summed E-state index contributed by atoms with van der Waals surface area (Å²) in [6.45, 7) is 6.05. The SMILES string of the molecule is Cc1cccc(-c2nc(Nc3cccc([S+](C)[O-])c3)cc(NC(C)C)n2)n1. The molecule has 0 radical (unpaired) electrons. The lowest BCUT2D eigenvalue weighted by molar-refractivity contribution is 0.601. The van der Waals surface area contributed by atoms with Gasteiger partial charge in [-0.3, -0.25) is 0 Å². The summed E-state index contributed by atoms with van der Waals surface area (Å²) in [4.78, 5) is 14.5. The molecule has 0 aliphatic carbocycles. The van der Waals surface area contributed by atoms with Crippen LogP contribution in [0.25, 0.3) is 11.5 Å². The number of nitrogens with one attached hydrogen (secondary N) is 2. The second kappa shape index (κ2) is 8.37. The number of hydrogen-bond donors (Lipinski definition) is 2. The lowest BCUT2D eigenvalue weighted by Crippen LogP contribution is -2.12. The first-order valence-corrected chi connectivity index (χ1v) is 10.3. The summed E-state index contributed by atoms with van der Waals surface area (Å²) in [5, 5.41) is 6.60. The van der Waals surface area contributed by atoms with Crippen molar-refractivity contribution in [2.75, 3.05) is 16.9 Å². The zero-order chi connectivity index (χ0) is 19.4. The molecule has 2 N–H and O–H groups in total. The molecule has 0 saturated heterocycles. The molecular formula is C20H23N5OS. The van der Waals surface area contributed by atoms with E-state index in [4.69, 9.17) is 0 Å². The van der Waals surface area contributed by atoms with E-state index in [1.165, 1.54) is 0 Å². The van der Waals surface area contributed by atoms with E-state index in [-0.39, 0.29) is 6.04 Å². The van der Waals surface area contributed by atoms with Gasteiger partial charge in [-0.1, -0.05) is 12.1 Å². The van der Waals surface area contributed by atoms with E-state index in [0.717, 1.165) is 22.1 Å². The Kier molecular flexibility index (Phi) is 5.93. The standard InChI is InChI=1S/C20H23N5OS/c1-13(2)21-18-12-19(23-15-8-6-9-16(11-15)27(4)26)25-20(24-18)17-10-5-7-14(3)22-17/h5-13H,1-4H3,(H2,21,23,24,25). The van der Waals surface area contributed by atoms with Crippen molar-refractivity contribution in [3.8, 4) is 11.5 Å². The maximum atomic E-state index is 11.7. The Balaban J connectivity index is 1.98. The average Bonchev–Trinajstić information content (AvgIpc) is 2.61. The number of aryl methyl sites for hydroxylation is 1. The number of anilines is 3. The van der Waals surface area contributed by atoms with E-state index in [0.29, 0.717) is 17.3 Å². The number of hydrogen-bond acceptors (Lipinski definition) is 6. The molecule has 0 spiro atoms. The van der Waals surface area contributed by atoms with Crippen LogP contribution in [-0.4, -0.2) is 31.8 Å². The van der Waals surface area contributed by atoms with Crippen molar-refractivity contribution in [3.63, 3.8) is 0 Å². The van der Waals surface area contributed by atoms with Crippen LogP contribution in [0.3, 0.4) is 0 Å². The summed E-state index contributed by atoms with van der Waals surface area (Å²) in [7, 11) is 0. The molecule has 3 aromatic rings. The van der Waals surface area contributed by atoms with E-state index in [9.17, 15) is 4.55 Å². The monoisotopic (exact) mass is 381 g/mol. The van der Waals surface area contributed by atoms with Crippen LogP contribution in [0.1, 0.15) is 19.5 Å². The van der Waals surface area contributed by atoms with Gasteiger partial charge in [0, 0.05) is 29.6 Å². The number of aromatic nitrogens is 3. The maximum Gasteiger partial charge on any atom is 0.182 e. The van der Waals surface area contributed by atoms with Crippen LogP contribution in [-0.2, 0) is 11.2 Å². The van der Waals surface area contributed by atoms with Crippen molar-refractivity contribution < 1.29 is 4.55 Å². The Morgan fingerprint density at radius 3 is 2.41 bits per heavy atom. The molecule has 6 nitrogen and oxygen atoms in total. The van der Waals surface area contributed by atoms with Crippen molar-refractivity contribution >= 4 is 28.5 Å². The predicted octanol–water partition coefficient (Wildman–Crippen LogP) is 4.15. The van der Waals surface area contributed by atoms with Gasteiger partial charge in [0.05, 0.1) is 0 Å². The summed E-state index contributed by atoms with van der Waals surface area (Å²) in [6, 6.07) is 15.4. The molecule has 2 heterocycles. The normalized spacial score (nSPS) is 12.1. The van der Waals surface area contributed by atoms with Gasteiger partial charge in [-0.15, -0.1) is 0 Å². The molecule has 1 unspecified atom stereocenters. The van der Waals surface area contributed by atoms with Crippen molar-refractivity contribution in [1.82, 2.24) is 15.0 Å². The second-order valence-electron chi connectivity index (χ2n) is 6.53. The molecule has 1 atom stereocenters. The number of rotatable bonds is 6. The summed E-state index contributed by atoms with van der Waals surface area (Å²) in [5.74, 6) is 1.91. The largest absolute Gasteiger partial charge is 0.612 e. The zero-order valence-electron chi connectivity index (χ0n) is 15.9. The average molecular weight is 382 g/mol. The Morgan fingerprint density at radius 2 is 1.70 bits per heavy atom. The summed E-state index contributed by atoms with van der Waals surface area (Å²) in [6.07, 6.45) is 1.66. The Bertz CT molecular complexity index is 930. The molecule has 0 amide bonds. The third kappa shape index (κ3) is 5.18. The molecular weight excluding hydrogens is 358 g/mol. The third-order valence-electron chi connectivity index (χ3n) is 3.72. The van der Waals surface area contributed by atoms with E-state index in [1.807, 2.05) is 55.5 Å². The van der Waals surface area contributed by atoms with Crippen LogP contribution >= 0.6 is 0 Å². The van der Waals surface area contributed by atoms with Gasteiger partial charge in [0.25, 0.3) is 0 Å². The highest BCUT2D eigenvalue weighted by molar-refractivity contribution is 7.90. The lowest BCUT2D eigenvalue weighted by Gasteiger charge is -2.14. The fourth-order valence-corrected chi connectivity index (χ4v) is 3.13. The molecule has 1 aromatic carbocycles. The Hall–Kier alpha value is -2.64. The maximum absolute atomic E-state index is 11.7. The minimum Gasteiger partial charge on any atom is -0.612 e. The topological polar surface area (TPSA) is 85.8 Å². The highest BCUT2D eigenvalue weighted by atomic mass is 32.2. The second-order valence-corrected chi connectivity index (χ2v) is 7.91. The van der Waals surface area contributed by atoms with Crippen LogP contribution in [0.4, 0.5) is 17.3 Å². The van der Waals surface area contributed by atoms with E-state index >= 15 is 0 Å². The first-order valence-electron chi connectivity index (χ1n) is 8.71. The smallest absolute Gasteiger partial charge is 0.182 e. The molecule has 3 rings (SSSR count). The molecule has 0 fully saturated rings. The van der Waals surface area contributed by atoms with Crippen LogP contribution in [0.15, 0.2) is 53.4 Å². The van der Waals surface area contributed by atoms with Crippen LogP contribution in [0.5, 0.6) is 0 Å². The van der Waals surface area contributed by atoms with E-state index < -0.39 is 11.2 Å². The molecule has 0 saturated carbocycles. The third-order valence-corrected chi connectivity index (χ3v) is 4.64. The quantitative estimate of drug-likeness (QED) is 0.624. The van der Waals surface area contributed by atoms with Gasteiger partial charge in [-0.2, -0.15) is 0 Å². The predicted molar refractivity (Wildman–Crippen MR) is 111 cm³/mol. The van der Waals surface area contributed by atoms with Crippen molar-refractivity contribution in [2.45, 2.75) is 31.7 Å². The van der Waals surface area contributed by atoms with Crippen LogP contribution < -0.4 is 10.6 Å². The molecule has 0 bridgehead atoms. The van der Waals surface area contributed by atoms with Crippen LogP contribution in [0.2, 0.25) is 0 Å². The van der Waals surface area contributed by atoms with E-state index in [1.54, 1.807) is 6.26 Å². The molecule has 7 heteroatoms. The molecule has 2 aromatic heterocycles. The first-order chi connectivity index (χ1) is 12.9. The zero-order valence-corrected chi connectivity index (χ0v) is 16.7. The number of benzene rings is 1. The van der Waals surface area contributed by atoms with E-state index in [2.05, 4.69) is 39.4 Å². The minimum atomic E-state index is -1.04. The fraction of sp³-hybridized carbons (Fsp3) is 0.250. The van der Waals surface area contributed by atoms with Crippen LogP contribution in [0, 0.1) is 6.92 Å². The van der Waals surface area contributed by atoms with Crippen molar-refractivity contribution in [2.24, 2.45) is 0 Å². The molecule has 140 valence electrons. The number of pyridine rings is 1. The molecule has 0 aliphatic rings. The van der Waals surface area contributed by atoms with Gasteiger partial charge in [0.15, 0.2) is 10.7 Å². The van der Waals surface area contributed by atoms with Gasteiger partial charge < -0.3 is 15.2 Å². The fourth-order valence-electron chi connectivity index (χ4n) is 2.56. The number of nitrogens with zero attached hydrogens (tertiary/aromatic N) is 3. The first kappa shape index (κ1) is 19.1. The van der Waals surface area contributed by atoms with Gasteiger partial charge in [0.2, 0.25) is 0 Å². The minimum absolute atomic E-state index is 0.233. The van der Waals surface area contributed by atoms with Gasteiger partial charge in [-0.05, 0) is 56.2 Å². The summed E-state index contributed by atoms with van der Waals surface area (Å²) >= 11 is -1.04. The van der Waals surface area contributed by atoms with Gasteiger partial charge in [0.1, 0.15) is 23.6 Å². The van der Waals surface area contributed by atoms with Gasteiger partial charge in [-0.25, -0.2) is 15.0 Å². The highest BCUT2D eigenvalue weighted by Crippen LogP contribution is 2.24. The Morgan fingerprint density at radius 1 is 0.963 bits per heavy atom.